The van der Waals surface area contributed by atoms with Crippen molar-refractivity contribution in [2.75, 3.05) is 13.2 Å². The maximum absolute atomic E-state index is 13.0. The molecule has 3 aromatic rings. The fraction of sp³-hybridized carbons (Fsp3) is 0.240. The summed E-state index contributed by atoms with van der Waals surface area (Å²) in [6.45, 7) is 1.67. The first-order valence-electron chi connectivity index (χ1n) is 10.6. The van der Waals surface area contributed by atoms with Gasteiger partial charge in [0, 0.05) is 17.6 Å². The molecule has 10 heteroatoms. The minimum absolute atomic E-state index is 0. The molecule has 0 saturated carbocycles. The van der Waals surface area contributed by atoms with Gasteiger partial charge in [-0.05, 0) is 66.9 Å². The van der Waals surface area contributed by atoms with Crippen LogP contribution >= 0.6 is 11.6 Å². The number of carboxylic acid groups (broad SMARTS) is 1. The third-order valence-corrected chi connectivity index (χ3v) is 7.14. The molecule has 0 amide bonds. The molecule has 0 aliphatic rings. The molecule has 0 radical (unpaired) electrons. The molecular formula is C25H25ClNNaO6S. The first-order valence-corrected chi connectivity index (χ1v) is 12.4. The molecule has 0 aromatic heterocycles. The zero-order valence-corrected chi connectivity index (χ0v) is 23.1. The number of aliphatic hydroxyl groups excluding tert-OH is 1. The van der Waals surface area contributed by atoms with Gasteiger partial charge in [-0.3, -0.25) is 0 Å². The molecule has 3 rings (SSSR count). The van der Waals surface area contributed by atoms with Crippen LogP contribution in [0.4, 0.5) is 0 Å². The van der Waals surface area contributed by atoms with Gasteiger partial charge in [0.05, 0.1) is 21.9 Å². The van der Waals surface area contributed by atoms with Crippen LogP contribution in [0.25, 0.3) is 0 Å². The molecule has 0 spiro atoms. The van der Waals surface area contributed by atoms with Crippen molar-refractivity contribution in [1.29, 1.82) is 0 Å². The zero-order valence-electron chi connectivity index (χ0n) is 19.5. The molecule has 0 aliphatic carbocycles. The van der Waals surface area contributed by atoms with Crippen LogP contribution in [-0.4, -0.2) is 38.7 Å². The number of benzene rings is 3. The van der Waals surface area contributed by atoms with Crippen molar-refractivity contribution in [2.45, 2.75) is 35.3 Å². The van der Waals surface area contributed by atoms with Crippen molar-refractivity contribution in [3.63, 3.8) is 0 Å². The van der Waals surface area contributed by atoms with Crippen LogP contribution < -0.4 is 44.7 Å². The fourth-order valence-electron chi connectivity index (χ4n) is 3.38. The van der Waals surface area contributed by atoms with E-state index in [4.69, 9.17) is 16.3 Å². The topological polar surface area (TPSA) is 116 Å². The van der Waals surface area contributed by atoms with E-state index in [0.717, 1.165) is 11.1 Å². The van der Waals surface area contributed by atoms with Crippen molar-refractivity contribution in [2.24, 2.45) is 0 Å². The number of sulfone groups is 1. The van der Waals surface area contributed by atoms with Gasteiger partial charge >= 0.3 is 29.6 Å². The van der Waals surface area contributed by atoms with E-state index < -0.39 is 28.5 Å². The van der Waals surface area contributed by atoms with Gasteiger partial charge in [0.25, 0.3) is 0 Å². The zero-order chi connectivity index (χ0) is 24.7. The number of carbonyl (C=O) groups is 1. The Morgan fingerprint density at radius 1 is 1.06 bits per heavy atom. The molecule has 0 unspecified atom stereocenters. The molecule has 0 saturated heterocycles. The second-order valence-corrected chi connectivity index (χ2v) is 10.3. The van der Waals surface area contributed by atoms with Gasteiger partial charge in [-0.1, -0.05) is 41.9 Å². The van der Waals surface area contributed by atoms with E-state index in [9.17, 15) is 23.4 Å². The first-order chi connectivity index (χ1) is 16.1. The molecule has 3 aromatic carbocycles. The Morgan fingerprint density at radius 2 is 1.74 bits per heavy atom. The summed E-state index contributed by atoms with van der Waals surface area (Å²) in [5.74, 6) is -1.27. The summed E-state index contributed by atoms with van der Waals surface area (Å²) in [6, 6.07) is 19.3. The summed E-state index contributed by atoms with van der Waals surface area (Å²) in [4.78, 5) is 10.7. The predicted octanol–water partition coefficient (Wildman–Crippen LogP) is -0.440. The van der Waals surface area contributed by atoms with Gasteiger partial charge in [0.2, 0.25) is 9.84 Å². The molecule has 35 heavy (non-hydrogen) atoms. The molecule has 0 heterocycles. The minimum atomic E-state index is -3.80. The van der Waals surface area contributed by atoms with Gasteiger partial charge < -0.3 is 25.1 Å². The van der Waals surface area contributed by atoms with Crippen LogP contribution in [-0.2, 0) is 21.1 Å². The van der Waals surface area contributed by atoms with Crippen molar-refractivity contribution in [3.8, 4) is 5.75 Å². The van der Waals surface area contributed by atoms with Crippen LogP contribution in [0.3, 0.4) is 0 Å². The van der Waals surface area contributed by atoms with E-state index in [1.165, 1.54) is 36.4 Å². The maximum Gasteiger partial charge on any atom is 1.00 e. The summed E-state index contributed by atoms with van der Waals surface area (Å²) in [6.07, 6.45) is -0.0602. The fourth-order valence-corrected chi connectivity index (χ4v) is 4.88. The summed E-state index contributed by atoms with van der Waals surface area (Å²) < 4.78 is 30.9. The number of nitrogens with one attached hydrogen (secondary N) is 1. The van der Waals surface area contributed by atoms with E-state index in [1.54, 1.807) is 30.3 Å². The molecular weight excluding hydrogens is 501 g/mol. The average Bonchev–Trinajstić information content (AvgIpc) is 2.81. The normalized spacial score (nSPS) is 12.9. The summed E-state index contributed by atoms with van der Waals surface area (Å²) >= 11 is 5.97. The Balaban J connectivity index is 0.00000432. The first kappa shape index (κ1) is 29.3. The number of hydrogen-bond acceptors (Lipinski definition) is 7. The number of aliphatic carboxylic acids is 1. The van der Waals surface area contributed by atoms with E-state index in [-0.39, 0.29) is 51.1 Å². The van der Waals surface area contributed by atoms with E-state index in [0.29, 0.717) is 18.0 Å². The number of halogens is 1. The van der Waals surface area contributed by atoms with E-state index in [1.807, 2.05) is 13.0 Å². The van der Waals surface area contributed by atoms with E-state index >= 15 is 0 Å². The SMILES string of the molecule is C[C@H](Cc1ccc(S(=O)(=O)c2cccc(OCC(=O)[O-])c2)cc1)NC[C@H](O)c1cccc(Cl)c1.[Na+]. The Hall–Kier alpha value is -1.91. The van der Waals surface area contributed by atoms with Gasteiger partial charge in [0.15, 0.2) is 0 Å². The van der Waals surface area contributed by atoms with Gasteiger partial charge in [-0.25, -0.2) is 8.42 Å². The molecule has 7 nitrogen and oxygen atoms in total. The molecule has 2 atom stereocenters. The second kappa shape index (κ2) is 13.4. The van der Waals surface area contributed by atoms with Crippen LogP contribution in [0, 0.1) is 0 Å². The third-order valence-electron chi connectivity index (χ3n) is 5.14. The summed E-state index contributed by atoms with van der Waals surface area (Å²) in [5.41, 5.74) is 1.66. The van der Waals surface area contributed by atoms with Crippen molar-refractivity contribution < 1.29 is 57.7 Å². The van der Waals surface area contributed by atoms with Crippen molar-refractivity contribution in [3.05, 3.63) is 88.9 Å². The van der Waals surface area contributed by atoms with E-state index in [2.05, 4.69) is 5.32 Å². The van der Waals surface area contributed by atoms with Crippen molar-refractivity contribution in [1.82, 2.24) is 5.32 Å². The standard InChI is InChI=1S/C25H26ClNO6S.Na/c1-17(27-15-24(28)19-4-2-5-20(26)13-19)12-18-8-10-22(11-9-18)34(31,32)23-7-3-6-21(14-23)33-16-25(29)30;/h2-11,13-14,17,24,27-28H,12,15-16H2,1H3,(H,29,30);/q;+1/p-1/t17-,24+;/m1./s1. The van der Waals surface area contributed by atoms with Gasteiger partial charge in [0.1, 0.15) is 12.4 Å². The largest absolute Gasteiger partial charge is 1.00 e. The van der Waals surface area contributed by atoms with Crippen LogP contribution in [0.2, 0.25) is 5.02 Å². The van der Waals surface area contributed by atoms with Crippen molar-refractivity contribution >= 4 is 27.4 Å². The smallest absolute Gasteiger partial charge is 0.546 e. The molecule has 180 valence electrons. The number of rotatable bonds is 11. The maximum atomic E-state index is 13.0. The molecule has 0 aliphatic heterocycles. The summed E-state index contributed by atoms with van der Waals surface area (Å²) in [5, 5.41) is 24.7. The monoisotopic (exact) mass is 525 g/mol. The Bertz CT molecular complexity index is 1240. The molecule has 0 bridgehead atoms. The average molecular weight is 526 g/mol. The van der Waals surface area contributed by atoms with Crippen LogP contribution in [0.5, 0.6) is 5.75 Å². The molecule has 2 N–H and O–H groups in total. The minimum Gasteiger partial charge on any atom is -0.546 e. The number of aliphatic hydroxyl groups is 1. The third kappa shape index (κ3) is 8.61. The Labute approximate surface area is 232 Å². The second-order valence-electron chi connectivity index (χ2n) is 7.87. The Morgan fingerprint density at radius 3 is 2.40 bits per heavy atom. The predicted molar refractivity (Wildman–Crippen MR) is 126 cm³/mol. The van der Waals surface area contributed by atoms with Crippen LogP contribution in [0.1, 0.15) is 24.2 Å². The number of carboxylic acids is 1. The number of hydrogen-bond donors (Lipinski definition) is 2. The number of carbonyl (C=O) groups excluding carboxylic acids is 1. The molecule has 0 fully saturated rings. The number of ether oxygens (including phenoxy) is 1. The summed E-state index contributed by atoms with van der Waals surface area (Å²) in [7, 11) is -3.80. The van der Waals surface area contributed by atoms with Crippen LogP contribution in [0.15, 0.2) is 82.6 Å². The quantitative estimate of drug-likeness (QED) is 0.326. The van der Waals surface area contributed by atoms with Gasteiger partial charge in [-0.15, -0.1) is 0 Å². The van der Waals surface area contributed by atoms with Gasteiger partial charge in [-0.2, -0.15) is 0 Å². The Kier molecular flexibility index (Phi) is 11.2.